The highest BCUT2D eigenvalue weighted by Gasteiger charge is 2.31. The van der Waals surface area contributed by atoms with Gasteiger partial charge in [0.05, 0.1) is 0 Å². The largest absolute Gasteiger partial charge is 0.330 e. The Kier molecular flexibility index (Phi) is 6.00. The lowest BCUT2D eigenvalue weighted by Gasteiger charge is -2.35. The number of likely N-dealkylation sites (tertiary alicyclic amines) is 1. The highest BCUT2D eigenvalue weighted by Crippen LogP contribution is 2.38. The van der Waals surface area contributed by atoms with Gasteiger partial charge in [0, 0.05) is 10.5 Å². The van der Waals surface area contributed by atoms with E-state index in [0.29, 0.717) is 18.5 Å². The molecule has 1 aliphatic rings. The maximum atomic E-state index is 13.4. The van der Waals surface area contributed by atoms with Crippen molar-refractivity contribution in [3.8, 4) is 0 Å². The molecule has 0 radical (unpaired) electrons. The maximum absolute atomic E-state index is 13.4. The minimum Gasteiger partial charge on any atom is -0.330 e. The summed E-state index contributed by atoms with van der Waals surface area (Å²) in [4.78, 5) is 2.53. The minimum absolute atomic E-state index is 0.194. The molecule has 0 bridgehead atoms. The van der Waals surface area contributed by atoms with Gasteiger partial charge in [-0.2, -0.15) is 0 Å². The standard InChI is InChI=1S/C16H24BrFN2/c1-2-8-20-9-4-3-5-12(11-19)16(20)14-7-6-13(18)10-15(14)17/h6-7,10,12,16H,2-5,8-9,11,19H2,1H3. The number of nitrogens with two attached hydrogens (primary N) is 1. The van der Waals surface area contributed by atoms with Crippen molar-refractivity contribution in [2.45, 2.75) is 38.6 Å². The van der Waals surface area contributed by atoms with Crippen LogP contribution >= 0.6 is 15.9 Å². The molecule has 4 heteroatoms. The third-order valence-electron chi connectivity index (χ3n) is 4.20. The molecule has 20 heavy (non-hydrogen) atoms. The summed E-state index contributed by atoms with van der Waals surface area (Å²) in [5.74, 6) is 0.256. The second kappa shape index (κ2) is 7.53. The fourth-order valence-corrected chi connectivity index (χ4v) is 3.88. The lowest BCUT2D eigenvalue weighted by atomic mass is 9.89. The van der Waals surface area contributed by atoms with E-state index in [2.05, 4.69) is 27.8 Å². The van der Waals surface area contributed by atoms with E-state index in [0.717, 1.165) is 30.4 Å². The summed E-state index contributed by atoms with van der Waals surface area (Å²) in [7, 11) is 0. The zero-order chi connectivity index (χ0) is 14.5. The van der Waals surface area contributed by atoms with E-state index in [1.165, 1.54) is 18.4 Å². The number of halogens is 2. The first-order valence-electron chi connectivity index (χ1n) is 7.56. The SMILES string of the molecule is CCCN1CCCCC(CN)C1c1ccc(F)cc1Br. The normalized spacial score (nSPS) is 24.6. The molecule has 2 rings (SSSR count). The van der Waals surface area contributed by atoms with Crippen LogP contribution in [0.5, 0.6) is 0 Å². The smallest absolute Gasteiger partial charge is 0.124 e. The molecule has 0 saturated carbocycles. The predicted molar refractivity (Wildman–Crippen MR) is 85.1 cm³/mol. The van der Waals surface area contributed by atoms with Crippen molar-refractivity contribution in [1.29, 1.82) is 0 Å². The third kappa shape index (κ3) is 3.60. The molecule has 0 amide bonds. The Morgan fingerprint density at radius 2 is 2.20 bits per heavy atom. The van der Waals surface area contributed by atoms with Crippen molar-refractivity contribution in [3.63, 3.8) is 0 Å². The average molecular weight is 343 g/mol. The second-order valence-corrected chi connectivity index (χ2v) is 6.49. The van der Waals surface area contributed by atoms with E-state index in [1.807, 2.05) is 6.07 Å². The van der Waals surface area contributed by atoms with Gasteiger partial charge in [0.25, 0.3) is 0 Å². The molecule has 0 spiro atoms. The van der Waals surface area contributed by atoms with Crippen molar-refractivity contribution in [2.75, 3.05) is 19.6 Å². The Balaban J connectivity index is 2.37. The first kappa shape index (κ1) is 15.9. The summed E-state index contributed by atoms with van der Waals surface area (Å²) in [5.41, 5.74) is 7.20. The quantitative estimate of drug-likeness (QED) is 0.892. The highest BCUT2D eigenvalue weighted by atomic mass is 79.9. The summed E-state index contributed by atoms with van der Waals surface area (Å²) in [6.07, 6.45) is 4.75. The van der Waals surface area contributed by atoms with Crippen LogP contribution in [-0.2, 0) is 0 Å². The van der Waals surface area contributed by atoms with E-state index in [-0.39, 0.29) is 5.82 Å². The average Bonchev–Trinajstić information content (AvgIpc) is 2.62. The van der Waals surface area contributed by atoms with Gasteiger partial charge < -0.3 is 5.73 Å². The Hall–Kier alpha value is -0.450. The second-order valence-electron chi connectivity index (χ2n) is 5.64. The van der Waals surface area contributed by atoms with Crippen LogP contribution in [0.4, 0.5) is 4.39 Å². The van der Waals surface area contributed by atoms with E-state index in [1.54, 1.807) is 12.1 Å². The Morgan fingerprint density at radius 3 is 2.85 bits per heavy atom. The van der Waals surface area contributed by atoms with Crippen molar-refractivity contribution < 1.29 is 4.39 Å². The van der Waals surface area contributed by atoms with Gasteiger partial charge in [0.1, 0.15) is 5.82 Å². The van der Waals surface area contributed by atoms with E-state index in [9.17, 15) is 4.39 Å². The molecule has 112 valence electrons. The van der Waals surface area contributed by atoms with Gasteiger partial charge in [-0.05, 0) is 62.5 Å². The van der Waals surface area contributed by atoms with Crippen LogP contribution in [0, 0.1) is 11.7 Å². The van der Waals surface area contributed by atoms with Gasteiger partial charge in [0.15, 0.2) is 0 Å². The molecule has 1 aromatic rings. The summed E-state index contributed by atoms with van der Waals surface area (Å²) < 4.78 is 14.2. The Labute approximate surface area is 129 Å². The highest BCUT2D eigenvalue weighted by molar-refractivity contribution is 9.10. The van der Waals surface area contributed by atoms with E-state index in [4.69, 9.17) is 5.73 Å². The molecule has 1 heterocycles. The topological polar surface area (TPSA) is 29.3 Å². The molecular formula is C16H24BrFN2. The molecule has 2 N–H and O–H groups in total. The monoisotopic (exact) mass is 342 g/mol. The predicted octanol–water partition coefficient (Wildman–Crippen LogP) is 4.10. The van der Waals surface area contributed by atoms with Crippen LogP contribution in [0.15, 0.2) is 22.7 Å². The fourth-order valence-electron chi connectivity index (χ4n) is 3.29. The summed E-state index contributed by atoms with van der Waals surface area (Å²) in [6.45, 7) is 5.08. The van der Waals surface area contributed by atoms with Crippen molar-refractivity contribution >= 4 is 15.9 Å². The van der Waals surface area contributed by atoms with Gasteiger partial charge >= 0.3 is 0 Å². The van der Waals surface area contributed by atoms with Gasteiger partial charge in [-0.25, -0.2) is 4.39 Å². The molecule has 1 saturated heterocycles. The van der Waals surface area contributed by atoms with Crippen LogP contribution in [0.2, 0.25) is 0 Å². The van der Waals surface area contributed by atoms with Gasteiger partial charge in [-0.1, -0.05) is 35.3 Å². The molecule has 2 atom stereocenters. The lowest BCUT2D eigenvalue weighted by molar-refractivity contribution is 0.158. The van der Waals surface area contributed by atoms with Crippen molar-refractivity contribution in [3.05, 3.63) is 34.1 Å². The van der Waals surface area contributed by atoms with Gasteiger partial charge in [-0.15, -0.1) is 0 Å². The van der Waals surface area contributed by atoms with E-state index < -0.39 is 0 Å². The van der Waals surface area contributed by atoms with E-state index >= 15 is 0 Å². The minimum atomic E-state index is -0.194. The van der Waals surface area contributed by atoms with Crippen LogP contribution in [0.3, 0.4) is 0 Å². The number of nitrogens with zero attached hydrogens (tertiary/aromatic N) is 1. The van der Waals surface area contributed by atoms with Gasteiger partial charge in [-0.3, -0.25) is 4.90 Å². The molecular weight excluding hydrogens is 319 g/mol. The first-order valence-corrected chi connectivity index (χ1v) is 8.35. The number of benzene rings is 1. The number of hydrogen-bond donors (Lipinski definition) is 1. The summed E-state index contributed by atoms with van der Waals surface area (Å²) >= 11 is 3.54. The number of hydrogen-bond acceptors (Lipinski definition) is 2. The lowest BCUT2D eigenvalue weighted by Crippen LogP contribution is -2.36. The molecule has 2 unspecified atom stereocenters. The van der Waals surface area contributed by atoms with Crippen molar-refractivity contribution in [1.82, 2.24) is 4.90 Å². The fraction of sp³-hybridized carbons (Fsp3) is 0.625. The molecule has 1 aromatic carbocycles. The molecule has 0 aromatic heterocycles. The zero-order valence-corrected chi connectivity index (χ0v) is 13.7. The maximum Gasteiger partial charge on any atom is 0.124 e. The Morgan fingerprint density at radius 1 is 1.40 bits per heavy atom. The molecule has 1 fully saturated rings. The summed E-state index contributed by atoms with van der Waals surface area (Å²) in [5, 5.41) is 0. The van der Waals surface area contributed by atoms with Crippen LogP contribution in [0.1, 0.15) is 44.2 Å². The van der Waals surface area contributed by atoms with Crippen LogP contribution in [-0.4, -0.2) is 24.5 Å². The summed E-state index contributed by atoms with van der Waals surface area (Å²) in [6, 6.07) is 5.35. The van der Waals surface area contributed by atoms with Crippen molar-refractivity contribution in [2.24, 2.45) is 11.7 Å². The Bertz CT molecular complexity index is 438. The molecule has 0 aliphatic carbocycles. The number of rotatable bonds is 4. The zero-order valence-electron chi connectivity index (χ0n) is 12.1. The molecule has 1 aliphatic heterocycles. The van der Waals surface area contributed by atoms with Crippen LogP contribution < -0.4 is 5.73 Å². The van der Waals surface area contributed by atoms with Gasteiger partial charge in [0.2, 0.25) is 0 Å². The molecule has 2 nitrogen and oxygen atoms in total. The van der Waals surface area contributed by atoms with Crippen LogP contribution in [0.25, 0.3) is 0 Å². The first-order chi connectivity index (χ1) is 9.67. The third-order valence-corrected chi connectivity index (χ3v) is 4.89.